The van der Waals surface area contributed by atoms with Crippen LogP contribution in [0.25, 0.3) is 0 Å². The minimum Gasteiger partial charge on any atom is -0.356 e. The summed E-state index contributed by atoms with van der Waals surface area (Å²) in [5.41, 5.74) is 1.78. The standard InChI is InChI=1S/C26H31N3O3/c30-23(14-9-19-29-24(31)26(28-25(29)32)16-7-8-17-26)27-18-15-22(20-10-3-1-4-11-20)21-12-5-2-6-13-21/h1-6,10-13,22H,7-9,14-19H2,(H,27,30)(H,28,32). The molecule has 168 valence electrons. The first-order chi connectivity index (χ1) is 15.6. The number of amides is 4. The van der Waals surface area contributed by atoms with Crippen molar-refractivity contribution in [1.82, 2.24) is 15.5 Å². The van der Waals surface area contributed by atoms with Crippen LogP contribution in [0.3, 0.4) is 0 Å². The lowest BCUT2D eigenvalue weighted by atomic mass is 9.88. The Bertz CT molecular complexity index is 900. The maximum Gasteiger partial charge on any atom is 0.325 e. The minimum atomic E-state index is -0.677. The number of imide groups is 1. The lowest BCUT2D eigenvalue weighted by Crippen LogP contribution is -2.44. The maximum atomic E-state index is 12.7. The zero-order valence-corrected chi connectivity index (χ0v) is 18.4. The van der Waals surface area contributed by atoms with Gasteiger partial charge < -0.3 is 10.6 Å². The third kappa shape index (κ3) is 4.85. The molecule has 2 fully saturated rings. The summed E-state index contributed by atoms with van der Waals surface area (Å²) < 4.78 is 0. The Morgan fingerprint density at radius 1 is 0.969 bits per heavy atom. The third-order valence-corrected chi connectivity index (χ3v) is 6.65. The molecule has 4 amide bonds. The summed E-state index contributed by atoms with van der Waals surface area (Å²) in [7, 11) is 0. The predicted octanol–water partition coefficient (Wildman–Crippen LogP) is 3.97. The van der Waals surface area contributed by atoms with E-state index in [2.05, 4.69) is 34.9 Å². The second-order valence-corrected chi connectivity index (χ2v) is 8.79. The van der Waals surface area contributed by atoms with Crippen LogP contribution in [0, 0.1) is 0 Å². The summed E-state index contributed by atoms with van der Waals surface area (Å²) in [6.45, 7) is 0.857. The molecule has 4 rings (SSSR count). The highest BCUT2D eigenvalue weighted by Crippen LogP contribution is 2.35. The molecule has 2 N–H and O–H groups in total. The van der Waals surface area contributed by atoms with Gasteiger partial charge in [-0.2, -0.15) is 0 Å². The maximum absolute atomic E-state index is 12.7. The van der Waals surface area contributed by atoms with Gasteiger partial charge in [-0.25, -0.2) is 4.79 Å². The van der Waals surface area contributed by atoms with Crippen molar-refractivity contribution >= 4 is 17.8 Å². The van der Waals surface area contributed by atoms with E-state index in [9.17, 15) is 14.4 Å². The number of urea groups is 1. The molecule has 32 heavy (non-hydrogen) atoms. The first-order valence-corrected chi connectivity index (χ1v) is 11.6. The molecule has 2 aromatic rings. The highest BCUT2D eigenvalue weighted by molar-refractivity contribution is 6.07. The van der Waals surface area contributed by atoms with E-state index < -0.39 is 5.54 Å². The molecule has 6 heteroatoms. The summed E-state index contributed by atoms with van der Waals surface area (Å²) >= 11 is 0. The second-order valence-electron chi connectivity index (χ2n) is 8.79. The van der Waals surface area contributed by atoms with Gasteiger partial charge in [-0.1, -0.05) is 73.5 Å². The van der Waals surface area contributed by atoms with E-state index in [0.717, 1.165) is 32.1 Å². The molecule has 0 aromatic heterocycles. The van der Waals surface area contributed by atoms with Gasteiger partial charge in [0.05, 0.1) is 0 Å². The van der Waals surface area contributed by atoms with E-state index in [1.807, 2.05) is 36.4 Å². The van der Waals surface area contributed by atoms with Gasteiger partial charge in [0, 0.05) is 25.4 Å². The number of carbonyl (C=O) groups excluding carboxylic acids is 3. The monoisotopic (exact) mass is 433 g/mol. The number of carbonyl (C=O) groups is 3. The summed E-state index contributed by atoms with van der Waals surface area (Å²) in [6, 6.07) is 20.3. The molecule has 6 nitrogen and oxygen atoms in total. The highest BCUT2D eigenvalue weighted by Gasteiger charge is 2.52. The number of rotatable bonds is 9. The number of nitrogens with zero attached hydrogens (tertiary/aromatic N) is 1. The van der Waals surface area contributed by atoms with Crippen LogP contribution < -0.4 is 10.6 Å². The summed E-state index contributed by atoms with van der Waals surface area (Å²) in [6.07, 6.45) is 4.95. The number of hydrogen-bond acceptors (Lipinski definition) is 3. The Labute approximate surface area is 189 Å². The van der Waals surface area contributed by atoms with Gasteiger partial charge in [-0.15, -0.1) is 0 Å². The first-order valence-electron chi connectivity index (χ1n) is 11.6. The van der Waals surface area contributed by atoms with Crippen LogP contribution in [-0.4, -0.2) is 41.4 Å². The molecule has 1 saturated heterocycles. The highest BCUT2D eigenvalue weighted by atomic mass is 16.2. The first kappa shape index (κ1) is 22.1. The molecule has 2 aliphatic rings. The Kier molecular flexibility index (Phi) is 6.88. The Hall–Kier alpha value is -3.15. The second kappa shape index (κ2) is 9.98. The number of nitrogens with one attached hydrogen (secondary N) is 2. The molecule has 2 aromatic carbocycles. The smallest absolute Gasteiger partial charge is 0.325 e. The molecule has 1 saturated carbocycles. The molecule has 0 radical (unpaired) electrons. The summed E-state index contributed by atoms with van der Waals surface area (Å²) in [5, 5.41) is 5.89. The molecule has 0 atom stereocenters. The van der Waals surface area contributed by atoms with Crippen LogP contribution in [0.15, 0.2) is 60.7 Å². The summed E-state index contributed by atoms with van der Waals surface area (Å²) in [5.74, 6) is 0.0488. The Morgan fingerprint density at radius 3 is 2.16 bits per heavy atom. The molecule has 1 aliphatic heterocycles. The molecule has 0 unspecified atom stereocenters. The van der Waals surface area contributed by atoms with Crippen LogP contribution in [0.4, 0.5) is 4.79 Å². The number of benzene rings is 2. The van der Waals surface area contributed by atoms with E-state index in [1.165, 1.54) is 16.0 Å². The van der Waals surface area contributed by atoms with Gasteiger partial charge in [-0.3, -0.25) is 14.5 Å². The Morgan fingerprint density at radius 2 is 1.56 bits per heavy atom. The molecule has 0 bridgehead atoms. The molecule has 1 heterocycles. The van der Waals surface area contributed by atoms with Crippen LogP contribution in [-0.2, 0) is 9.59 Å². The fourth-order valence-electron chi connectivity index (χ4n) is 4.94. The van der Waals surface area contributed by atoms with Gasteiger partial charge in [0.25, 0.3) is 5.91 Å². The van der Waals surface area contributed by atoms with Crippen molar-refractivity contribution in [3.8, 4) is 0 Å². The van der Waals surface area contributed by atoms with E-state index in [1.54, 1.807) is 0 Å². The normalized spacial score (nSPS) is 17.2. The van der Waals surface area contributed by atoms with Crippen molar-refractivity contribution in [2.24, 2.45) is 0 Å². The van der Waals surface area contributed by atoms with E-state index in [4.69, 9.17) is 0 Å². The van der Waals surface area contributed by atoms with Crippen molar-refractivity contribution in [1.29, 1.82) is 0 Å². The van der Waals surface area contributed by atoms with Crippen LogP contribution in [0.2, 0.25) is 0 Å². The zero-order chi connectivity index (χ0) is 22.4. The third-order valence-electron chi connectivity index (χ3n) is 6.65. The summed E-state index contributed by atoms with van der Waals surface area (Å²) in [4.78, 5) is 38.6. The van der Waals surface area contributed by atoms with Gasteiger partial charge >= 0.3 is 6.03 Å². The zero-order valence-electron chi connectivity index (χ0n) is 18.4. The topological polar surface area (TPSA) is 78.5 Å². The SMILES string of the molecule is O=C(CCCN1C(=O)NC2(CCCC2)C1=O)NCCC(c1ccccc1)c1ccccc1. The van der Waals surface area contributed by atoms with E-state index in [-0.39, 0.29) is 30.3 Å². The van der Waals surface area contributed by atoms with Crippen molar-refractivity contribution in [3.05, 3.63) is 71.8 Å². The predicted molar refractivity (Wildman–Crippen MR) is 123 cm³/mol. The van der Waals surface area contributed by atoms with Gasteiger partial charge in [0.15, 0.2) is 0 Å². The molecular formula is C26H31N3O3. The van der Waals surface area contributed by atoms with Crippen LogP contribution >= 0.6 is 0 Å². The fraction of sp³-hybridized carbons (Fsp3) is 0.423. The van der Waals surface area contributed by atoms with Crippen molar-refractivity contribution in [3.63, 3.8) is 0 Å². The van der Waals surface area contributed by atoms with E-state index >= 15 is 0 Å². The molecule has 1 aliphatic carbocycles. The fourth-order valence-corrected chi connectivity index (χ4v) is 4.94. The lowest BCUT2D eigenvalue weighted by molar-refractivity contribution is -0.131. The van der Waals surface area contributed by atoms with Gasteiger partial charge in [0.1, 0.15) is 5.54 Å². The number of hydrogen-bond donors (Lipinski definition) is 2. The van der Waals surface area contributed by atoms with Gasteiger partial charge in [-0.05, 0) is 36.8 Å². The van der Waals surface area contributed by atoms with Crippen molar-refractivity contribution in [2.75, 3.05) is 13.1 Å². The minimum absolute atomic E-state index is 0.0486. The average Bonchev–Trinajstić information content (AvgIpc) is 3.38. The molecular weight excluding hydrogens is 402 g/mol. The largest absolute Gasteiger partial charge is 0.356 e. The van der Waals surface area contributed by atoms with Crippen LogP contribution in [0.1, 0.15) is 62.0 Å². The van der Waals surface area contributed by atoms with Crippen molar-refractivity contribution < 1.29 is 14.4 Å². The quantitative estimate of drug-likeness (QED) is 0.588. The van der Waals surface area contributed by atoms with Crippen LogP contribution in [0.5, 0.6) is 0 Å². The van der Waals surface area contributed by atoms with Gasteiger partial charge in [0.2, 0.25) is 5.91 Å². The Balaban J connectivity index is 1.24. The molecule has 1 spiro atoms. The lowest BCUT2D eigenvalue weighted by Gasteiger charge is -2.20. The van der Waals surface area contributed by atoms with Crippen molar-refractivity contribution in [2.45, 2.75) is 56.4 Å². The average molecular weight is 434 g/mol. The van der Waals surface area contributed by atoms with E-state index in [0.29, 0.717) is 19.4 Å².